The molecule has 1 unspecified atom stereocenters. The maximum atomic E-state index is 8.82. The van der Waals surface area contributed by atoms with E-state index in [2.05, 4.69) is 19.1 Å². The van der Waals surface area contributed by atoms with Gasteiger partial charge in [0.25, 0.3) is 0 Å². The van der Waals surface area contributed by atoms with Crippen molar-refractivity contribution in [2.45, 2.75) is 31.4 Å². The van der Waals surface area contributed by atoms with Crippen molar-refractivity contribution >= 4 is 11.8 Å². The molecule has 1 N–H and O–H groups in total. The highest BCUT2D eigenvalue weighted by atomic mass is 32.2. The third-order valence-electron chi connectivity index (χ3n) is 2.76. The van der Waals surface area contributed by atoms with Gasteiger partial charge in [0.2, 0.25) is 0 Å². The minimum atomic E-state index is 0.254. The van der Waals surface area contributed by atoms with Gasteiger partial charge in [0.15, 0.2) is 0 Å². The SMILES string of the molecule is [CH2]CC(CCc1ccc(OCC)cc1)SCCO. The zero-order chi connectivity index (χ0) is 13.2. The molecule has 0 bridgehead atoms. The Kier molecular flexibility index (Phi) is 7.94. The molecule has 0 saturated heterocycles. The van der Waals surface area contributed by atoms with Gasteiger partial charge in [0, 0.05) is 11.0 Å². The van der Waals surface area contributed by atoms with Gasteiger partial charge in [-0.2, -0.15) is 11.8 Å². The topological polar surface area (TPSA) is 29.5 Å². The second kappa shape index (κ2) is 9.29. The first-order valence-corrected chi connectivity index (χ1v) is 7.58. The summed E-state index contributed by atoms with van der Waals surface area (Å²) in [4.78, 5) is 0. The number of ether oxygens (including phenoxy) is 1. The van der Waals surface area contributed by atoms with Crippen LogP contribution in [0.1, 0.15) is 25.3 Å². The average molecular weight is 267 g/mol. The number of aliphatic hydroxyl groups excluding tert-OH is 1. The van der Waals surface area contributed by atoms with Crippen molar-refractivity contribution < 1.29 is 9.84 Å². The van der Waals surface area contributed by atoms with E-state index in [1.165, 1.54) is 5.56 Å². The zero-order valence-corrected chi connectivity index (χ0v) is 11.9. The summed E-state index contributed by atoms with van der Waals surface area (Å²) in [6, 6.07) is 8.31. The fraction of sp³-hybridized carbons (Fsp3) is 0.533. The Morgan fingerprint density at radius 1 is 1.33 bits per heavy atom. The van der Waals surface area contributed by atoms with Crippen molar-refractivity contribution in [2.75, 3.05) is 19.0 Å². The van der Waals surface area contributed by atoms with Gasteiger partial charge in [-0.15, -0.1) is 0 Å². The molecular formula is C15H23O2S. The number of thioether (sulfide) groups is 1. The monoisotopic (exact) mass is 267 g/mol. The fourth-order valence-electron chi connectivity index (χ4n) is 1.78. The Balaban J connectivity index is 2.37. The van der Waals surface area contributed by atoms with Crippen molar-refractivity contribution in [3.8, 4) is 5.75 Å². The summed E-state index contributed by atoms with van der Waals surface area (Å²) in [7, 11) is 0. The molecule has 0 aromatic heterocycles. The van der Waals surface area contributed by atoms with Crippen LogP contribution in [0, 0.1) is 6.92 Å². The zero-order valence-electron chi connectivity index (χ0n) is 11.1. The standard InChI is InChI=1S/C15H23O2S/c1-3-15(18-12-11-16)10-7-13-5-8-14(9-6-13)17-4-2/h5-6,8-9,15-16H,1,3-4,7,10-12H2,2H3. The highest BCUT2D eigenvalue weighted by Crippen LogP contribution is 2.21. The number of benzene rings is 1. The molecule has 1 radical (unpaired) electrons. The van der Waals surface area contributed by atoms with Gasteiger partial charge in [-0.1, -0.05) is 19.1 Å². The fourth-order valence-corrected chi connectivity index (χ4v) is 2.67. The smallest absolute Gasteiger partial charge is 0.119 e. The van der Waals surface area contributed by atoms with Crippen LogP contribution < -0.4 is 4.74 Å². The van der Waals surface area contributed by atoms with Crippen LogP contribution in [0.4, 0.5) is 0 Å². The van der Waals surface area contributed by atoms with Crippen molar-refractivity contribution in [1.82, 2.24) is 0 Å². The Morgan fingerprint density at radius 3 is 2.61 bits per heavy atom. The molecule has 3 heteroatoms. The number of hydrogen-bond donors (Lipinski definition) is 1. The maximum Gasteiger partial charge on any atom is 0.119 e. The van der Waals surface area contributed by atoms with Gasteiger partial charge >= 0.3 is 0 Å². The van der Waals surface area contributed by atoms with Gasteiger partial charge in [-0.25, -0.2) is 0 Å². The molecule has 0 spiro atoms. The quantitative estimate of drug-likeness (QED) is 0.744. The maximum absolute atomic E-state index is 8.82. The van der Waals surface area contributed by atoms with Gasteiger partial charge < -0.3 is 9.84 Å². The lowest BCUT2D eigenvalue weighted by Crippen LogP contribution is -2.05. The average Bonchev–Trinajstić information content (AvgIpc) is 2.41. The van der Waals surface area contributed by atoms with Crippen molar-refractivity contribution in [2.24, 2.45) is 0 Å². The first-order valence-electron chi connectivity index (χ1n) is 6.53. The summed E-state index contributed by atoms with van der Waals surface area (Å²) < 4.78 is 5.42. The van der Waals surface area contributed by atoms with Crippen LogP contribution in [-0.4, -0.2) is 29.3 Å². The predicted molar refractivity (Wildman–Crippen MR) is 79.2 cm³/mol. The van der Waals surface area contributed by atoms with Gasteiger partial charge in [-0.3, -0.25) is 0 Å². The highest BCUT2D eigenvalue weighted by Gasteiger charge is 2.06. The van der Waals surface area contributed by atoms with E-state index >= 15 is 0 Å². The van der Waals surface area contributed by atoms with Crippen molar-refractivity contribution in [3.05, 3.63) is 36.8 Å². The summed E-state index contributed by atoms with van der Waals surface area (Å²) in [6.07, 6.45) is 3.09. The van der Waals surface area contributed by atoms with Gasteiger partial charge in [0.05, 0.1) is 13.2 Å². The molecule has 1 aromatic rings. The normalized spacial score (nSPS) is 12.4. The van der Waals surface area contributed by atoms with Crippen LogP contribution in [0.2, 0.25) is 0 Å². The number of aliphatic hydroxyl groups is 1. The summed E-state index contributed by atoms with van der Waals surface area (Å²) >= 11 is 1.81. The Bertz CT molecular complexity index is 311. The summed E-state index contributed by atoms with van der Waals surface area (Å²) in [5.74, 6) is 1.74. The van der Waals surface area contributed by atoms with E-state index in [-0.39, 0.29) is 6.61 Å². The second-order valence-electron chi connectivity index (χ2n) is 4.12. The van der Waals surface area contributed by atoms with Crippen LogP contribution in [0.15, 0.2) is 24.3 Å². The van der Waals surface area contributed by atoms with Gasteiger partial charge in [0.1, 0.15) is 5.75 Å². The predicted octanol–water partition coefficient (Wildman–Crippen LogP) is 3.34. The molecule has 0 aliphatic heterocycles. The third-order valence-corrected chi connectivity index (χ3v) is 4.12. The van der Waals surface area contributed by atoms with E-state index in [1.807, 2.05) is 30.8 Å². The van der Waals surface area contributed by atoms with Crippen LogP contribution in [0.5, 0.6) is 5.75 Å². The van der Waals surface area contributed by atoms with E-state index in [1.54, 1.807) is 0 Å². The second-order valence-corrected chi connectivity index (χ2v) is 5.53. The Morgan fingerprint density at radius 2 is 2.06 bits per heavy atom. The summed E-state index contributed by atoms with van der Waals surface area (Å²) in [5, 5.41) is 9.37. The lowest BCUT2D eigenvalue weighted by atomic mass is 10.1. The molecule has 0 aliphatic rings. The van der Waals surface area contributed by atoms with Crippen LogP contribution in [-0.2, 0) is 6.42 Å². The Hall–Kier alpha value is -0.670. The molecular weight excluding hydrogens is 244 g/mol. The molecule has 0 amide bonds. The first-order chi connectivity index (χ1) is 8.80. The Labute approximate surface area is 115 Å². The third kappa shape index (κ3) is 5.78. The van der Waals surface area contributed by atoms with E-state index < -0.39 is 0 Å². The molecule has 101 valence electrons. The lowest BCUT2D eigenvalue weighted by molar-refractivity contribution is 0.322. The molecule has 1 rings (SSSR count). The van der Waals surface area contributed by atoms with E-state index in [9.17, 15) is 0 Å². The molecule has 1 aromatic carbocycles. The molecule has 0 saturated carbocycles. The van der Waals surface area contributed by atoms with Crippen LogP contribution in [0.3, 0.4) is 0 Å². The number of rotatable bonds is 9. The first kappa shape index (κ1) is 15.4. The minimum Gasteiger partial charge on any atom is -0.494 e. The van der Waals surface area contributed by atoms with E-state index in [4.69, 9.17) is 9.84 Å². The molecule has 0 aliphatic carbocycles. The largest absolute Gasteiger partial charge is 0.494 e. The van der Waals surface area contributed by atoms with Crippen LogP contribution >= 0.6 is 11.8 Å². The lowest BCUT2D eigenvalue weighted by Gasteiger charge is -2.13. The minimum absolute atomic E-state index is 0.254. The molecule has 0 heterocycles. The van der Waals surface area contributed by atoms with Crippen molar-refractivity contribution in [3.63, 3.8) is 0 Å². The van der Waals surface area contributed by atoms with E-state index in [0.717, 1.165) is 30.8 Å². The molecule has 1 atom stereocenters. The highest BCUT2D eigenvalue weighted by molar-refractivity contribution is 7.99. The molecule has 2 nitrogen and oxygen atoms in total. The molecule has 18 heavy (non-hydrogen) atoms. The van der Waals surface area contributed by atoms with E-state index in [0.29, 0.717) is 11.9 Å². The van der Waals surface area contributed by atoms with Crippen LogP contribution in [0.25, 0.3) is 0 Å². The van der Waals surface area contributed by atoms with Crippen molar-refractivity contribution in [1.29, 1.82) is 0 Å². The van der Waals surface area contributed by atoms with Gasteiger partial charge in [-0.05, 0) is 43.9 Å². The number of aryl methyl sites for hydroxylation is 1. The number of hydrogen-bond acceptors (Lipinski definition) is 3. The molecule has 0 fully saturated rings. The summed E-state index contributed by atoms with van der Waals surface area (Å²) in [5.41, 5.74) is 1.33. The summed E-state index contributed by atoms with van der Waals surface area (Å²) in [6.45, 7) is 6.92.